The first-order valence-corrected chi connectivity index (χ1v) is 11.0. The number of ether oxygens (including phenoxy) is 2. The Morgan fingerprint density at radius 2 is 1.80 bits per heavy atom. The topological polar surface area (TPSA) is 84.9 Å². The molecule has 8 heteroatoms. The molecule has 0 bridgehead atoms. The number of thioether (sulfide) groups is 1. The van der Waals surface area contributed by atoms with Gasteiger partial charge < -0.3 is 19.7 Å². The second kappa shape index (κ2) is 10.9. The minimum Gasteiger partial charge on any atom is -0.455 e. The molecular formula is C22H26N2O5S. The molecule has 7 nitrogen and oxygen atoms in total. The maximum atomic E-state index is 12.1. The first-order valence-electron chi connectivity index (χ1n) is 10.0. The lowest BCUT2D eigenvalue weighted by Crippen LogP contribution is -2.47. The monoisotopic (exact) mass is 430 g/mol. The van der Waals surface area contributed by atoms with E-state index in [1.807, 2.05) is 42.5 Å². The van der Waals surface area contributed by atoms with Crippen LogP contribution in [0.25, 0.3) is 10.8 Å². The van der Waals surface area contributed by atoms with Gasteiger partial charge in [-0.25, -0.2) is 4.79 Å². The summed E-state index contributed by atoms with van der Waals surface area (Å²) in [5.41, 5.74) is 0. The second-order valence-electron chi connectivity index (χ2n) is 6.99. The Morgan fingerprint density at radius 1 is 1.07 bits per heavy atom. The van der Waals surface area contributed by atoms with Crippen molar-refractivity contribution >= 4 is 40.5 Å². The molecule has 2 aromatic rings. The summed E-state index contributed by atoms with van der Waals surface area (Å²) in [4.78, 5) is 38.3. The van der Waals surface area contributed by atoms with Crippen molar-refractivity contribution < 1.29 is 23.9 Å². The van der Waals surface area contributed by atoms with Gasteiger partial charge in [0.1, 0.15) is 0 Å². The maximum Gasteiger partial charge on any atom is 0.409 e. The number of hydrogen-bond donors (Lipinski definition) is 1. The zero-order chi connectivity index (χ0) is 21.3. The zero-order valence-electron chi connectivity index (χ0n) is 17.0. The zero-order valence-corrected chi connectivity index (χ0v) is 17.8. The van der Waals surface area contributed by atoms with Crippen LogP contribution >= 0.6 is 11.8 Å². The molecule has 1 fully saturated rings. The summed E-state index contributed by atoms with van der Waals surface area (Å²) >= 11 is 1.38. The Morgan fingerprint density at radius 3 is 2.53 bits per heavy atom. The predicted octanol–water partition coefficient (Wildman–Crippen LogP) is 3.21. The number of hydrogen-bond acceptors (Lipinski definition) is 6. The summed E-state index contributed by atoms with van der Waals surface area (Å²) in [5, 5.41) is 5.12. The molecule has 1 aliphatic rings. The van der Waals surface area contributed by atoms with Gasteiger partial charge in [-0.2, -0.15) is 0 Å². The number of esters is 1. The van der Waals surface area contributed by atoms with Crippen LogP contribution in [-0.4, -0.2) is 61.0 Å². The van der Waals surface area contributed by atoms with Crippen LogP contribution in [0, 0.1) is 0 Å². The normalized spacial score (nSPS) is 14.4. The van der Waals surface area contributed by atoms with Crippen LogP contribution in [0.5, 0.6) is 0 Å². The first kappa shape index (κ1) is 22.0. The highest BCUT2D eigenvalue weighted by Gasteiger charge is 2.24. The number of rotatable bonds is 7. The van der Waals surface area contributed by atoms with Crippen LogP contribution in [-0.2, 0) is 19.1 Å². The summed E-state index contributed by atoms with van der Waals surface area (Å²) in [6, 6.07) is 14.0. The minimum absolute atomic E-state index is 0.0335. The average Bonchev–Trinajstić information content (AvgIpc) is 2.77. The van der Waals surface area contributed by atoms with E-state index in [9.17, 15) is 14.4 Å². The standard InChI is InChI=1S/C22H26N2O5S/c1-2-28-22(27)24-11-9-18(10-12-24)23-20(25)14-29-21(26)15-30-19-8-7-16-5-3-4-6-17(16)13-19/h3-8,13,18H,2,9-12,14-15H2,1H3,(H,23,25). The Hall–Kier alpha value is -2.74. The summed E-state index contributed by atoms with van der Waals surface area (Å²) in [7, 11) is 0. The number of fused-ring (bicyclic) bond motifs is 1. The van der Waals surface area contributed by atoms with E-state index in [1.165, 1.54) is 11.8 Å². The average molecular weight is 431 g/mol. The molecule has 2 aromatic carbocycles. The molecule has 0 unspecified atom stereocenters. The van der Waals surface area contributed by atoms with Crippen LogP contribution in [0.3, 0.4) is 0 Å². The van der Waals surface area contributed by atoms with Crippen LogP contribution in [0.15, 0.2) is 47.4 Å². The largest absolute Gasteiger partial charge is 0.455 e. The third kappa shape index (κ3) is 6.38. The molecule has 0 aromatic heterocycles. The molecule has 3 rings (SSSR count). The van der Waals surface area contributed by atoms with E-state index in [2.05, 4.69) is 5.32 Å². The number of benzene rings is 2. The van der Waals surface area contributed by atoms with Crippen molar-refractivity contribution in [1.29, 1.82) is 0 Å². The highest BCUT2D eigenvalue weighted by atomic mass is 32.2. The molecule has 0 spiro atoms. The van der Waals surface area contributed by atoms with Gasteiger partial charge in [-0.15, -0.1) is 11.8 Å². The van der Waals surface area contributed by atoms with E-state index in [1.54, 1.807) is 11.8 Å². The molecule has 0 atom stereocenters. The lowest BCUT2D eigenvalue weighted by atomic mass is 10.1. The third-order valence-corrected chi connectivity index (χ3v) is 5.80. The third-order valence-electron chi connectivity index (χ3n) is 4.83. The summed E-state index contributed by atoms with van der Waals surface area (Å²) in [6.45, 7) is 2.89. The fourth-order valence-corrected chi connectivity index (χ4v) is 4.02. The fraction of sp³-hybridized carbons (Fsp3) is 0.409. The summed E-state index contributed by atoms with van der Waals surface area (Å²) < 4.78 is 10.1. The quantitative estimate of drug-likeness (QED) is 0.536. The predicted molar refractivity (Wildman–Crippen MR) is 115 cm³/mol. The molecule has 1 saturated heterocycles. The molecule has 1 aliphatic heterocycles. The number of amides is 2. The number of nitrogens with zero attached hydrogens (tertiary/aromatic N) is 1. The SMILES string of the molecule is CCOC(=O)N1CCC(NC(=O)COC(=O)CSc2ccc3ccccc3c2)CC1. The molecule has 0 radical (unpaired) electrons. The lowest BCUT2D eigenvalue weighted by molar-refractivity contribution is -0.146. The van der Waals surface area contributed by atoms with Gasteiger partial charge in [0.2, 0.25) is 0 Å². The molecule has 0 saturated carbocycles. The van der Waals surface area contributed by atoms with Crippen molar-refractivity contribution in [3.05, 3.63) is 42.5 Å². The van der Waals surface area contributed by atoms with Gasteiger partial charge in [0.25, 0.3) is 5.91 Å². The van der Waals surface area contributed by atoms with E-state index in [-0.39, 0.29) is 30.4 Å². The number of carbonyl (C=O) groups excluding carboxylic acids is 3. The lowest BCUT2D eigenvalue weighted by Gasteiger charge is -2.31. The van der Waals surface area contributed by atoms with Gasteiger partial charge in [-0.1, -0.05) is 30.3 Å². The molecule has 30 heavy (non-hydrogen) atoms. The molecule has 1 heterocycles. The molecular weight excluding hydrogens is 404 g/mol. The van der Waals surface area contributed by atoms with Crippen molar-refractivity contribution in [2.45, 2.75) is 30.7 Å². The van der Waals surface area contributed by atoms with Gasteiger partial charge >= 0.3 is 12.1 Å². The van der Waals surface area contributed by atoms with E-state index >= 15 is 0 Å². The van der Waals surface area contributed by atoms with E-state index in [0.717, 1.165) is 15.7 Å². The Kier molecular flexibility index (Phi) is 7.96. The second-order valence-corrected chi connectivity index (χ2v) is 8.03. The van der Waals surface area contributed by atoms with Crippen molar-refractivity contribution in [2.24, 2.45) is 0 Å². The van der Waals surface area contributed by atoms with Gasteiger partial charge in [0.15, 0.2) is 6.61 Å². The highest BCUT2D eigenvalue weighted by Crippen LogP contribution is 2.23. The summed E-state index contributed by atoms with van der Waals surface area (Å²) in [5.74, 6) is -0.613. The van der Waals surface area contributed by atoms with Gasteiger partial charge in [-0.3, -0.25) is 9.59 Å². The number of nitrogens with one attached hydrogen (secondary N) is 1. The Balaban J connectivity index is 1.34. The molecule has 160 valence electrons. The number of likely N-dealkylation sites (tertiary alicyclic amines) is 1. The van der Waals surface area contributed by atoms with Crippen molar-refractivity contribution in [3.63, 3.8) is 0 Å². The molecule has 1 N–H and O–H groups in total. The van der Waals surface area contributed by atoms with Crippen LogP contribution < -0.4 is 5.32 Å². The van der Waals surface area contributed by atoms with Crippen LogP contribution in [0.1, 0.15) is 19.8 Å². The van der Waals surface area contributed by atoms with E-state index < -0.39 is 5.97 Å². The van der Waals surface area contributed by atoms with Crippen molar-refractivity contribution in [3.8, 4) is 0 Å². The van der Waals surface area contributed by atoms with Gasteiger partial charge in [0.05, 0.1) is 12.4 Å². The Labute approximate surface area is 180 Å². The molecule has 0 aliphatic carbocycles. The van der Waals surface area contributed by atoms with E-state index in [4.69, 9.17) is 9.47 Å². The van der Waals surface area contributed by atoms with E-state index in [0.29, 0.717) is 32.5 Å². The number of carbonyl (C=O) groups is 3. The van der Waals surface area contributed by atoms with Crippen LogP contribution in [0.2, 0.25) is 0 Å². The number of piperidine rings is 1. The molecule has 2 amide bonds. The van der Waals surface area contributed by atoms with Gasteiger partial charge in [-0.05, 0) is 42.7 Å². The van der Waals surface area contributed by atoms with Crippen LogP contribution in [0.4, 0.5) is 4.79 Å². The van der Waals surface area contributed by atoms with Gasteiger partial charge in [0, 0.05) is 24.0 Å². The highest BCUT2D eigenvalue weighted by molar-refractivity contribution is 8.00. The van der Waals surface area contributed by atoms with Crippen molar-refractivity contribution in [2.75, 3.05) is 32.1 Å². The minimum atomic E-state index is -0.430. The maximum absolute atomic E-state index is 12.1. The van der Waals surface area contributed by atoms with Crippen molar-refractivity contribution in [1.82, 2.24) is 10.2 Å². The summed E-state index contributed by atoms with van der Waals surface area (Å²) in [6.07, 6.45) is 0.979. The first-order chi connectivity index (χ1) is 14.5. The fourth-order valence-electron chi connectivity index (χ4n) is 3.28. The Bertz CT molecular complexity index is 896. The smallest absolute Gasteiger partial charge is 0.409 e.